The van der Waals surface area contributed by atoms with Crippen LogP contribution in [0.3, 0.4) is 0 Å². The number of nitrogens with one attached hydrogen (secondary N) is 1. The lowest BCUT2D eigenvalue weighted by atomic mass is 9.79. The van der Waals surface area contributed by atoms with Crippen molar-refractivity contribution in [1.29, 1.82) is 0 Å². The highest BCUT2D eigenvalue weighted by Gasteiger charge is 2.35. The lowest BCUT2D eigenvalue weighted by Crippen LogP contribution is -2.48. The molecule has 1 aliphatic rings. The van der Waals surface area contributed by atoms with Gasteiger partial charge in [-0.25, -0.2) is 5.43 Å². The second-order valence-corrected chi connectivity index (χ2v) is 7.94. The standard InChI is InChI=1S/C23H29N3O/c1-5-26-21-12-11-19(13-20(21)17(2)15-23(26,3)4)16-24-25-22(27)14-18-9-7-6-8-10-18/h6-13,16-17H,5,14-15H2,1-4H3,(H,25,27)/b24-16+. The Balaban J connectivity index is 1.69. The SMILES string of the molecule is CCN1c2ccc(/C=N/NC(=O)Cc3ccccc3)cc2C(C)CC1(C)C. The van der Waals surface area contributed by atoms with Crippen LogP contribution in [0.4, 0.5) is 5.69 Å². The van der Waals surface area contributed by atoms with Crippen molar-refractivity contribution in [3.63, 3.8) is 0 Å². The number of nitrogens with zero attached hydrogens (tertiary/aromatic N) is 2. The van der Waals surface area contributed by atoms with E-state index in [-0.39, 0.29) is 11.4 Å². The highest BCUT2D eigenvalue weighted by Crippen LogP contribution is 2.43. The molecule has 1 N–H and O–H groups in total. The number of carbonyl (C=O) groups excluding carboxylic acids is 1. The van der Waals surface area contributed by atoms with Crippen LogP contribution in [-0.4, -0.2) is 24.2 Å². The molecule has 27 heavy (non-hydrogen) atoms. The van der Waals surface area contributed by atoms with Gasteiger partial charge in [-0.15, -0.1) is 0 Å². The first-order chi connectivity index (χ1) is 12.9. The monoisotopic (exact) mass is 363 g/mol. The van der Waals surface area contributed by atoms with E-state index in [9.17, 15) is 4.79 Å². The number of hydrogen-bond donors (Lipinski definition) is 1. The maximum Gasteiger partial charge on any atom is 0.244 e. The molecule has 4 nitrogen and oxygen atoms in total. The van der Waals surface area contributed by atoms with Gasteiger partial charge >= 0.3 is 0 Å². The van der Waals surface area contributed by atoms with Gasteiger partial charge in [0, 0.05) is 17.8 Å². The summed E-state index contributed by atoms with van der Waals surface area (Å²) in [5.41, 5.74) is 7.45. The molecule has 3 rings (SSSR count). The van der Waals surface area contributed by atoms with Crippen molar-refractivity contribution in [2.75, 3.05) is 11.4 Å². The van der Waals surface area contributed by atoms with Crippen molar-refractivity contribution in [1.82, 2.24) is 5.43 Å². The van der Waals surface area contributed by atoms with Gasteiger partial charge in [-0.2, -0.15) is 5.10 Å². The van der Waals surface area contributed by atoms with Crippen molar-refractivity contribution in [2.45, 2.75) is 52.0 Å². The van der Waals surface area contributed by atoms with Crippen molar-refractivity contribution >= 4 is 17.8 Å². The van der Waals surface area contributed by atoms with Gasteiger partial charge in [-0.05, 0) is 61.9 Å². The lowest BCUT2D eigenvalue weighted by molar-refractivity contribution is -0.120. The maximum absolute atomic E-state index is 12.0. The predicted molar refractivity (Wildman–Crippen MR) is 112 cm³/mol. The molecule has 0 aromatic heterocycles. The van der Waals surface area contributed by atoms with E-state index >= 15 is 0 Å². The molecule has 0 radical (unpaired) electrons. The summed E-state index contributed by atoms with van der Waals surface area (Å²) in [6.07, 6.45) is 3.19. The first-order valence-electron chi connectivity index (χ1n) is 9.68. The molecule has 1 amide bonds. The van der Waals surface area contributed by atoms with Crippen LogP contribution in [0.1, 0.15) is 56.7 Å². The van der Waals surface area contributed by atoms with Crippen LogP contribution in [0.25, 0.3) is 0 Å². The summed E-state index contributed by atoms with van der Waals surface area (Å²) >= 11 is 0. The van der Waals surface area contributed by atoms with E-state index in [1.54, 1.807) is 6.21 Å². The van der Waals surface area contributed by atoms with Gasteiger partial charge in [-0.1, -0.05) is 43.3 Å². The zero-order chi connectivity index (χ0) is 19.4. The number of benzene rings is 2. The minimum absolute atomic E-state index is 0.109. The van der Waals surface area contributed by atoms with Gasteiger partial charge in [0.05, 0.1) is 12.6 Å². The van der Waals surface area contributed by atoms with Gasteiger partial charge in [0.15, 0.2) is 0 Å². The van der Waals surface area contributed by atoms with Crippen molar-refractivity contribution < 1.29 is 4.79 Å². The summed E-state index contributed by atoms with van der Waals surface area (Å²) in [4.78, 5) is 14.5. The molecule has 142 valence electrons. The first kappa shape index (κ1) is 19.2. The van der Waals surface area contributed by atoms with Crippen LogP contribution >= 0.6 is 0 Å². The number of hydrogen-bond acceptors (Lipinski definition) is 3. The largest absolute Gasteiger partial charge is 0.366 e. The molecule has 0 bridgehead atoms. The van der Waals surface area contributed by atoms with Crippen molar-refractivity contribution in [3.05, 3.63) is 65.2 Å². The molecule has 0 saturated heterocycles. The topological polar surface area (TPSA) is 44.7 Å². The molecule has 2 aromatic rings. The average Bonchev–Trinajstić information content (AvgIpc) is 2.62. The van der Waals surface area contributed by atoms with Crippen molar-refractivity contribution in [2.24, 2.45) is 5.10 Å². The third-order valence-corrected chi connectivity index (χ3v) is 5.34. The number of carbonyl (C=O) groups is 1. The van der Waals surface area contributed by atoms with E-state index in [1.807, 2.05) is 30.3 Å². The Morgan fingerprint density at radius 3 is 2.70 bits per heavy atom. The fraction of sp³-hybridized carbons (Fsp3) is 0.391. The van der Waals surface area contributed by atoms with E-state index < -0.39 is 0 Å². The summed E-state index contributed by atoms with van der Waals surface area (Å²) in [6, 6.07) is 16.1. The van der Waals surface area contributed by atoms with Gasteiger partial charge in [0.25, 0.3) is 0 Å². The molecule has 0 spiro atoms. The summed E-state index contributed by atoms with van der Waals surface area (Å²) in [5, 5.41) is 4.14. The van der Waals surface area contributed by atoms with E-state index in [2.05, 4.69) is 61.3 Å². The number of anilines is 1. The van der Waals surface area contributed by atoms with Gasteiger partial charge in [0.2, 0.25) is 5.91 Å². The van der Waals surface area contributed by atoms with Gasteiger partial charge in [0.1, 0.15) is 0 Å². The first-order valence-corrected chi connectivity index (χ1v) is 9.68. The van der Waals surface area contributed by atoms with Crippen molar-refractivity contribution in [3.8, 4) is 0 Å². The Hall–Kier alpha value is -2.62. The Morgan fingerprint density at radius 2 is 2.00 bits per heavy atom. The van der Waals surface area contributed by atoms with Gasteiger partial charge in [-0.3, -0.25) is 4.79 Å². The summed E-state index contributed by atoms with van der Waals surface area (Å²) in [6.45, 7) is 10.1. The van der Waals surface area contributed by atoms with Crippen LogP contribution in [-0.2, 0) is 11.2 Å². The highest BCUT2D eigenvalue weighted by atomic mass is 16.2. The minimum atomic E-state index is -0.109. The Kier molecular flexibility index (Phi) is 5.64. The van der Waals surface area contributed by atoms with E-state index in [4.69, 9.17) is 0 Å². The molecule has 1 unspecified atom stereocenters. The van der Waals surface area contributed by atoms with Crippen LogP contribution < -0.4 is 10.3 Å². The summed E-state index contributed by atoms with van der Waals surface area (Å²) in [5.74, 6) is 0.390. The molecule has 4 heteroatoms. The van der Waals surface area contributed by atoms with Crippen LogP contribution in [0.2, 0.25) is 0 Å². The van der Waals surface area contributed by atoms with Crippen LogP contribution in [0.15, 0.2) is 53.6 Å². The summed E-state index contributed by atoms with van der Waals surface area (Å²) in [7, 11) is 0. The Labute approximate surface area is 162 Å². The smallest absolute Gasteiger partial charge is 0.244 e. The van der Waals surface area contributed by atoms with E-state index in [1.165, 1.54) is 11.3 Å². The number of hydrazone groups is 1. The molecule has 0 fully saturated rings. The molecule has 0 aliphatic carbocycles. The molecular formula is C23H29N3O. The highest BCUT2D eigenvalue weighted by molar-refractivity contribution is 5.84. The maximum atomic E-state index is 12.0. The number of rotatable bonds is 5. The Bertz CT molecular complexity index is 827. The predicted octanol–water partition coefficient (Wildman–Crippen LogP) is 4.49. The molecular weight excluding hydrogens is 334 g/mol. The summed E-state index contributed by atoms with van der Waals surface area (Å²) < 4.78 is 0. The fourth-order valence-electron chi connectivity index (χ4n) is 4.19. The quantitative estimate of drug-likeness (QED) is 0.628. The lowest BCUT2D eigenvalue weighted by Gasteiger charge is -2.47. The third kappa shape index (κ3) is 4.38. The number of amides is 1. The zero-order valence-corrected chi connectivity index (χ0v) is 16.7. The number of fused-ring (bicyclic) bond motifs is 1. The normalized spacial score (nSPS) is 18.4. The second kappa shape index (κ2) is 7.95. The zero-order valence-electron chi connectivity index (χ0n) is 16.7. The third-order valence-electron chi connectivity index (χ3n) is 5.34. The second-order valence-electron chi connectivity index (χ2n) is 7.94. The Morgan fingerprint density at radius 1 is 1.26 bits per heavy atom. The molecule has 1 aliphatic heterocycles. The molecule has 0 saturated carbocycles. The van der Waals surface area contributed by atoms with Crippen LogP contribution in [0.5, 0.6) is 0 Å². The minimum Gasteiger partial charge on any atom is -0.366 e. The van der Waals surface area contributed by atoms with E-state index in [0.29, 0.717) is 12.3 Å². The fourth-order valence-corrected chi connectivity index (χ4v) is 4.19. The average molecular weight is 364 g/mol. The molecule has 1 atom stereocenters. The van der Waals surface area contributed by atoms with Crippen LogP contribution in [0, 0.1) is 0 Å². The van der Waals surface area contributed by atoms with E-state index in [0.717, 1.165) is 24.1 Å². The van der Waals surface area contributed by atoms with Gasteiger partial charge < -0.3 is 4.90 Å². The molecule has 2 aromatic carbocycles. The molecule has 1 heterocycles.